The van der Waals surface area contributed by atoms with Crippen LogP contribution in [0.1, 0.15) is 23.8 Å². The van der Waals surface area contributed by atoms with Gasteiger partial charge in [0.2, 0.25) is 0 Å². The van der Waals surface area contributed by atoms with Crippen molar-refractivity contribution < 1.29 is 9.18 Å². The number of nitrogens with zero attached hydrogens (tertiary/aromatic N) is 2. The first-order chi connectivity index (χ1) is 9.56. The van der Waals surface area contributed by atoms with Gasteiger partial charge in [-0.3, -0.25) is 4.79 Å². The number of hydrogen-bond acceptors (Lipinski definition) is 1. The number of rotatable bonds is 1. The van der Waals surface area contributed by atoms with Crippen molar-refractivity contribution in [2.75, 3.05) is 13.1 Å². The predicted molar refractivity (Wildman–Crippen MR) is 77.2 cm³/mol. The molecule has 1 aromatic heterocycles. The molecule has 0 N–H and O–H groups in total. The quantitative estimate of drug-likeness (QED) is 0.732. The normalized spacial score (nSPS) is 15.6. The van der Waals surface area contributed by atoms with E-state index in [1.165, 1.54) is 17.7 Å². The molecule has 0 saturated heterocycles. The summed E-state index contributed by atoms with van der Waals surface area (Å²) in [6, 6.07) is 6.36. The molecule has 4 heteroatoms. The van der Waals surface area contributed by atoms with E-state index in [0.29, 0.717) is 12.2 Å². The van der Waals surface area contributed by atoms with Gasteiger partial charge in [-0.05, 0) is 37.6 Å². The van der Waals surface area contributed by atoms with Gasteiger partial charge in [-0.15, -0.1) is 0 Å². The minimum atomic E-state index is -0.279. The van der Waals surface area contributed by atoms with Gasteiger partial charge in [0.15, 0.2) is 0 Å². The summed E-state index contributed by atoms with van der Waals surface area (Å²) in [5.74, 6) is -0.272. The van der Waals surface area contributed by atoms with Gasteiger partial charge in [-0.1, -0.05) is 11.6 Å². The van der Waals surface area contributed by atoms with Crippen LogP contribution in [-0.4, -0.2) is 28.5 Å². The molecule has 1 amide bonds. The van der Waals surface area contributed by atoms with Crippen LogP contribution in [0.15, 0.2) is 35.9 Å². The van der Waals surface area contributed by atoms with E-state index in [9.17, 15) is 9.18 Å². The van der Waals surface area contributed by atoms with E-state index < -0.39 is 0 Å². The number of hydrogen-bond donors (Lipinski definition) is 0. The van der Waals surface area contributed by atoms with Crippen LogP contribution in [0.25, 0.3) is 10.9 Å². The Morgan fingerprint density at radius 2 is 2.10 bits per heavy atom. The van der Waals surface area contributed by atoms with Crippen molar-refractivity contribution in [2.45, 2.75) is 13.3 Å². The van der Waals surface area contributed by atoms with E-state index >= 15 is 0 Å². The maximum Gasteiger partial charge on any atom is 0.270 e. The minimum Gasteiger partial charge on any atom is -0.340 e. The Labute approximate surface area is 117 Å². The molecule has 0 bridgehead atoms. The Morgan fingerprint density at radius 3 is 2.80 bits per heavy atom. The molecule has 2 aromatic rings. The van der Waals surface area contributed by atoms with E-state index in [1.807, 2.05) is 16.5 Å². The molecule has 1 aliphatic rings. The molecular formula is C16H17FN2O. The largest absolute Gasteiger partial charge is 0.340 e. The van der Waals surface area contributed by atoms with E-state index in [2.05, 4.69) is 13.0 Å². The number of halogens is 1. The molecule has 0 atom stereocenters. The summed E-state index contributed by atoms with van der Waals surface area (Å²) < 4.78 is 15.1. The Bertz CT molecular complexity index is 715. The number of carbonyl (C=O) groups is 1. The SMILES string of the molecule is CC1=CCN(C(=O)c2cc3cc(F)ccc3n2C)CC1. The van der Waals surface area contributed by atoms with E-state index in [-0.39, 0.29) is 11.7 Å². The zero-order valence-corrected chi connectivity index (χ0v) is 11.7. The zero-order valence-electron chi connectivity index (χ0n) is 11.7. The maximum atomic E-state index is 13.3. The van der Waals surface area contributed by atoms with Gasteiger partial charge in [0.25, 0.3) is 5.91 Å². The summed E-state index contributed by atoms with van der Waals surface area (Å²) in [5, 5.41) is 0.764. The highest BCUT2D eigenvalue weighted by Crippen LogP contribution is 2.22. The third-order valence-corrected chi connectivity index (χ3v) is 3.95. The number of aryl methyl sites for hydroxylation is 1. The molecule has 0 unspecified atom stereocenters. The number of benzene rings is 1. The third kappa shape index (κ3) is 2.11. The van der Waals surface area contributed by atoms with Gasteiger partial charge in [-0.2, -0.15) is 0 Å². The van der Waals surface area contributed by atoms with Crippen LogP contribution in [-0.2, 0) is 7.05 Å². The van der Waals surface area contributed by atoms with E-state index in [4.69, 9.17) is 0 Å². The van der Waals surface area contributed by atoms with E-state index in [1.54, 1.807) is 12.1 Å². The Morgan fingerprint density at radius 1 is 1.30 bits per heavy atom. The molecule has 0 fully saturated rings. The molecule has 20 heavy (non-hydrogen) atoms. The second-order valence-corrected chi connectivity index (χ2v) is 5.34. The minimum absolute atomic E-state index is 0.00728. The van der Waals surface area contributed by atoms with Gasteiger partial charge in [0.1, 0.15) is 11.5 Å². The zero-order chi connectivity index (χ0) is 14.3. The molecule has 0 saturated carbocycles. The van der Waals surface area contributed by atoms with Crippen LogP contribution in [0.4, 0.5) is 4.39 Å². The summed E-state index contributed by atoms with van der Waals surface area (Å²) in [5.41, 5.74) is 2.81. The fourth-order valence-electron chi connectivity index (χ4n) is 2.64. The van der Waals surface area contributed by atoms with Crippen molar-refractivity contribution >= 4 is 16.8 Å². The van der Waals surface area contributed by atoms with Crippen LogP contribution in [0, 0.1) is 5.82 Å². The lowest BCUT2D eigenvalue weighted by Crippen LogP contribution is -2.35. The Balaban J connectivity index is 1.98. The molecule has 1 aromatic carbocycles. The molecule has 0 radical (unpaired) electrons. The fourth-order valence-corrected chi connectivity index (χ4v) is 2.64. The highest BCUT2D eigenvalue weighted by molar-refractivity contribution is 5.98. The summed E-state index contributed by atoms with van der Waals surface area (Å²) in [7, 11) is 1.85. The number of amides is 1. The van der Waals surface area contributed by atoms with Gasteiger partial charge >= 0.3 is 0 Å². The summed E-state index contributed by atoms with van der Waals surface area (Å²) >= 11 is 0. The van der Waals surface area contributed by atoms with Crippen molar-refractivity contribution in [1.29, 1.82) is 0 Å². The standard InChI is InChI=1S/C16H17FN2O/c1-11-5-7-19(8-6-11)16(20)15-10-12-9-13(17)3-4-14(12)18(15)2/h3-5,9-10H,6-8H2,1-2H3. The van der Waals surface area contributed by atoms with Gasteiger partial charge in [0.05, 0.1) is 0 Å². The lowest BCUT2D eigenvalue weighted by molar-refractivity contribution is 0.0760. The first-order valence-corrected chi connectivity index (χ1v) is 6.76. The molecule has 0 spiro atoms. The van der Waals surface area contributed by atoms with Crippen molar-refractivity contribution in [3.63, 3.8) is 0 Å². The summed E-state index contributed by atoms with van der Waals surface area (Å²) in [6.07, 6.45) is 3.01. The van der Waals surface area contributed by atoms with Gasteiger partial charge in [-0.25, -0.2) is 4.39 Å². The van der Waals surface area contributed by atoms with Gasteiger partial charge < -0.3 is 9.47 Å². The first kappa shape index (κ1) is 12.9. The van der Waals surface area contributed by atoms with E-state index in [0.717, 1.165) is 23.9 Å². The highest BCUT2D eigenvalue weighted by Gasteiger charge is 2.21. The molecule has 104 valence electrons. The smallest absolute Gasteiger partial charge is 0.270 e. The Kier molecular flexibility index (Phi) is 3.08. The van der Waals surface area contributed by atoms with Crippen LogP contribution in [0.5, 0.6) is 0 Å². The average molecular weight is 272 g/mol. The summed E-state index contributed by atoms with van der Waals surface area (Å²) in [6.45, 7) is 3.49. The topological polar surface area (TPSA) is 25.2 Å². The van der Waals surface area contributed by atoms with Crippen LogP contribution >= 0.6 is 0 Å². The van der Waals surface area contributed by atoms with Crippen molar-refractivity contribution in [3.8, 4) is 0 Å². The molecule has 3 nitrogen and oxygen atoms in total. The van der Waals surface area contributed by atoms with Crippen molar-refractivity contribution in [2.24, 2.45) is 7.05 Å². The third-order valence-electron chi connectivity index (χ3n) is 3.95. The number of carbonyl (C=O) groups excluding carboxylic acids is 1. The second-order valence-electron chi connectivity index (χ2n) is 5.34. The fraction of sp³-hybridized carbons (Fsp3) is 0.312. The highest BCUT2D eigenvalue weighted by atomic mass is 19.1. The van der Waals surface area contributed by atoms with Crippen molar-refractivity contribution in [1.82, 2.24) is 9.47 Å². The second kappa shape index (κ2) is 4.78. The molecular weight excluding hydrogens is 255 g/mol. The molecule has 0 aliphatic carbocycles. The average Bonchev–Trinajstić information content (AvgIpc) is 2.75. The predicted octanol–water partition coefficient (Wildman–Crippen LogP) is 3.11. The van der Waals surface area contributed by atoms with Crippen molar-refractivity contribution in [3.05, 3.63) is 47.4 Å². The Hall–Kier alpha value is -2.10. The molecule has 1 aliphatic heterocycles. The summed E-state index contributed by atoms with van der Waals surface area (Å²) in [4.78, 5) is 14.4. The molecule has 2 heterocycles. The van der Waals surface area contributed by atoms with Crippen LogP contribution in [0.3, 0.4) is 0 Å². The lowest BCUT2D eigenvalue weighted by Gasteiger charge is -2.25. The number of fused-ring (bicyclic) bond motifs is 1. The van der Waals surface area contributed by atoms with Gasteiger partial charge in [0, 0.05) is 31.0 Å². The monoisotopic (exact) mass is 272 g/mol. The maximum absolute atomic E-state index is 13.3. The number of aromatic nitrogens is 1. The van der Waals surface area contributed by atoms with Crippen LogP contribution in [0.2, 0.25) is 0 Å². The lowest BCUT2D eigenvalue weighted by atomic mass is 10.1. The molecule has 3 rings (SSSR count). The van der Waals surface area contributed by atoms with Crippen LogP contribution < -0.4 is 0 Å². The first-order valence-electron chi connectivity index (χ1n) is 6.76.